The predicted molar refractivity (Wildman–Crippen MR) is 65.3 cm³/mol. The molecule has 0 aliphatic carbocycles. The van der Waals surface area contributed by atoms with Gasteiger partial charge >= 0.3 is 6.09 Å². The Hall–Kier alpha value is -1.37. The third-order valence-corrected chi connectivity index (χ3v) is 2.26. The highest BCUT2D eigenvalue weighted by Gasteiger charge is 2.15. The van der Waals surface area contributed by atoms with E-state index in [4.69, 9.17) is 28.3 Å². The van der Waals surface area contributed by atoms with Crippen LogP contribution in [0.15, 0.2) is 24.3 Å². The molecule has 1 amide bonds. The van der Waals surface area contributed by atoms with Crippen molar-refractivity contribution in [3.63, 3.8) is 0 Å². The molecule has 1 rings (SSSR count). The summed E-state index contributed by atoms with van der Waals surface area (Å²) in [6, 6.07) is 6.70. The monoisotopic (exact) mass is 257 g/mol. The van der Waals surface area contributed by atoms with Gasteiger partial charge in [-0.3, -0.25) is 4.90 Å². The van der Waals surface area contributed by atoms with Crippen LogP contribution >= 0.6 is 23.2 Å². The molecule has 0 aliphatic heterocycles. The Balaban J connectivity index is 2.94. The zero-order valence-electron chi connectivity index (χ0n) is 8.28. The van der Waals surface area contributed by atoms with Crippen LogP contribution in [-0.2, 0) is 0 Å². The summed E-state index contributed by atoms with van der Waals surface area (Å²) in [5.74, 6) is 5.41. The minimum Gasteiger partial charge on any atom is -0.465 e. The standard InChI is InChI=1S/C11H9Cl2NO2/c12-7-3-4-8-14(11(15)16)10-6-2-1-5-9(10)13/h1-2,5-6H,7-8H2,(H,15,16). The maximum atomic E-state index is 11.0. The highest BCUT2D eigenvalue weighted by atomic mass is 35.5. The molecule has 3 nitrogen and oxygen atoms in total. The van der Waals surface area contributed by atoms with Crippen molar-refractivity contribution in [2.45, 2.75) is 0 Å². The Morgan fingerprint density at radius 1 is 1.38 bits per heavy atom. The van der Waals surface area contributed by atoms with Gasteiger partial charge in [0.2, 0.25) is 0 Å². The van der Waals surface area contributed by atoms with E-state index in [1.54, 1.807) is 24.3 Å². The van der Waals surface area contributed by atoms with Crippen molar-refractivity contribution in [2.24, 2.45) is 0 Å². The fraction of sp³-hybridized carbons (Fsp3) is 0.182. The first kappa shape index (κ1) is 12.7. The maximum absolute atomic E-state index is 11.0. The van der Waals surface area contributed by atoms with Crippen LogP contribution in [0.4, 0.5) is 10.5 Å². The van der Waals surface area contributed by atoms with Gasteiger partial charge in [-0.25, -0.2) is 4.79 Å². The third kappa shape index (κ3) is 3.34. The van der Waals surface area contributed by atoms with Crippen LogP contribution in [0.25, 0.3) is 0 Å². The molecule has 0 aromatic heterocycles. The number of hydrogen-bond donors (Lipinski definition) is 1. The van der Waals surface area contributed by atoms with Crippen LogP contribution in [0.2, 0.25) is 5.02 Å². The van der Waals surface area contributed by atoms with E-state index in [2.05, 4.69) is 11.8 Å². The molecule has 1 aromatic rings. The first-order valence-corrected chi connectivity index (χ1v) is 5.34. The molecule has 0 fully saturated rings. The number of carbonyl (C=O) groups is 1. The topological polar surface area (TPSA) is 40.5 Å². The third-order valence-electron chi connectivity index (χ3n) is 1.80. The molecule has 1 aromatic carbocycles. The lowest BCUT2D eigenvalue weighted by Gasteiger charge is -2.17. The molecule has 84 valence electrons. The van der Waals surface area contributed by atoms with E-state index in [0.717, 1.165) is 4.90 Å². The smallest absolute Gasteiger partial charge is 0.412 e. The summed E-state index contributed by atoms with van der Waals surface area (Å²) < 4.78 is 0. The Morgan fingerprint density at radius 3 is 2.62 bits per heavy atom. The lowest BCUT2D eigenvalue weighted by molar-refractivity contribution is 0.202. The molecule has 16 heavy (non-hydrogen) atoms. The Labute approximate surface area is 104 Å². The van der Waals surface area contributed by atoms with Crippen LogP contribution in [-0.4, -0.2) is 23.6 Å². The fourth-order valence-electron chi connectivity index (χ4n) is 1.11. The van der Waals surface area contributed by atoms with E-state index in [1.165, 1.54) is 0 Å². The highest BCUT2D eigenvalue weighted by molar-refractivity contribution is 6.33. The molecule has 0 radical (unpaired) electrons. The zero-order chi connectivity index (χ0) is 12.0. The fourth-order valence-corrected chi connectivity index (χ4v) is 1.44. The van der Waals surface area contributed by atoms with E-state index in [-0.39, 0.29) is 12.4 Å². The van der Waals surface area contributed by atoms with Gasteiger partial charge in [-0.05, 0) is 12.1 Å². The van der Waals surface area contributed by atoms with Crippen LogP contribution in [0, 0.1) is 11.8 Å². The van der Waals surface area contributed by atoms with E-state index in [9.17, 15) is 4.79 Å². The largest absolute Gasteiger partial charge is 0.465 e. The Kier molecular flexibility index (Phi) is 4.97. The number of rotatable bonds is 2. The zero-order valence-corrected chi connectivity index (χ0v) is 9.79. The van der Waals surface area contributed by atoms with Gasteiger partial charge in [0.25, 0.3) is 0 Å². The summed E-state index contributed by atoms with van der Waals surface area (Å²) in [7, 11) is 0. The van der Waals surface area contributed by atoms with Gasteiger partial charge in [-0.15, -0.1) is 11.6 Å². The lowest BCUT2D eigenvalue weighted by atomic mass is 10.3. The number of hydrogen-bond acceptors (Lipinski definition) is 1. The predicted octanol–water partition coefficient (Wildman–Crippen LogP) is 3.07. The van der Waals surface area contributed by atoms with Crippen molar-refractivity contribution in [1.29, 1.82) is 0 Å². The number of amides is 1. The summed E-state index contributed by atoms with van der Waals surface area (Å²) in [4.78, 5) is 12.1. The van der Waals surface area contributed by atoms with Crippen molar-refractivity contribution in [2.75, 3.05) is 17.3 Å². The van der Waals surface area contributed by atoms with Gasteiger partial charge in [-0.1, -0.05) is 35.6 Å². The molecule has 5 heteroatoms. The summed E-state index contributed by atoms with van der Waals surface area (Å²) in [6.45, 7) is 0.0474. The normalized spacial score (nSPS) is 9.12. The maximum Gasteiger partial charge on any atom is 0.412 e. The van der Waals surface area contributed by atoms with Crippen LogP contribution in [0.3, 0.4) is 0 Å². The van der Waals surface area contributed by atoms with Crippen molar-refractivity contribution < 1.29 is 9.90 Å². The molecule has 0 aliphatic rings. The number of alkyl halides is 1. The molecule has 1 N–H and O–H groups in total. The number of halogens is 2. The van der Waals surface area contributed by atoms with E-state index in [0.29, 0.717) is 10.7 Å². The van der Waals surface area contributed by atoms with Crippen molar-refractivity contribution in [1.82, 2.24) is 0 Å². The first-order chi connectivity index (χ1) is 7.66. The van der Waals surface area contributed by atoms with Crippen LogP contribution in [0.5, 0.6) is 0 Å². The Morgan fingerprint density at radius 2 is 2.06 bits per heavy atom. The summed E-state index contributed by atoms with van der Waals surface area (Å²) in [5.41, 5.74) is 0.417. The molecular weight excluding hydrogens is 249 g/mol. The van der Waals surface area contributed by atoms with Gasteiger partial charge in [0, 0.05) is 0 Å². The second-order valence-electron chi connectivity index (χ2n) is 2.81. The van der Waals surface area contributed by atoms with E-state index in [1.807, 2.05) is 0 Å². The summed E-state index contributed by atoms with van der Waals surface area (Å²) >= 11 is 11.3. The molecule has 0 saturated heterocycles. The second kappa shape index (κ2) is 6.26. The molecule has 0 heterocycles. The minimum absolute atomic E-state index is 0.0474. The van der Waals surface area contributed by atoms with E-state index >= 15 is 0 Å². The number of benzene rings is 1. The molecule has 0 unspecified atom stereocenters. The molecule has 0 atom stereocenters. The van der Waals surface area contributed by atoms with Gasteiger partial charge < -0.3 is 5.11 Å². The molecular formula is C11H9Cl2NO2. The quantitative estimate of drug-likeness (QED) is 0.654. The van der Waals surface area contributed by atoms with Crippen molar-refractivity contribution in [3.8, 4) is 11.8 Å². The molecule has 0 spiro atoms. The highest BCUT2D eigenvalue weighted by Crippen LogP contribution is 2.24. The number of anilines is 1. The van der Waals surface area contributed by atoms with Gasteiger partial charge in [0.05, 0.1) is 23.1 Å². The SMILES string of the molecule is O=C(O)N(CC#CCCl)c1ccccc1Cl. The number of para-hydroxylation sites is 1. The van der Waals surface area contributed by atoms with Gasteiger partial charge in [0.15, 0.2) is 0 Å². The second-order valence-corrected chi connectivity index (χ2v) is 3.48. The molecule has 0 saturated carbocycles. The average Bonchev–Trinajstić information content (AvgIpc) is 2.25. The van der Waals surface area contributed by atoms with Crippen molar-refractivity contribution in [3.05, 3.63) is 29.3 Å². The number of carboxylic acid groups (broad SMARTS) is 1. The summed E-state index contributed by atoms with van der Waals surface area (Å²) in [6.07, 6.45) is -1.10. The van der Waals surface area contributed by atoms with E-state index < -0.39 is 6.09 Å². The first-order valence-electron chi connectivity index (χ1n) is 4.43. The summed E-state index contributed by atoms with van der Waals surface area (Å²) in [5, 5.41) is 9.39. The number of nitrogens with zero attached hydrogens (tertiary/aromatic N) is 1. The van der Waals surface area contributed by atoms with Gasteiger partial charge in [-0.2, -0.15) is 0 Å². The van der Waals surface area contributed by atoms with Gasteiger partial charge in [0.1, 0.15) is 0 Å². The Bertz CT molecular complexity index is 437. The average molecular weight is 258 g/mol. The minimum atomic E-state index is -1.10. The van der Waals surface area contributed by atoms with Crippen LogP contribution in [0.1, 0.15) is 0 Å². The molecule has 0 bridgehead atoms. The van der Waals surface area contributed by atoms with Crippen molar-refractivity contribution >= 4 is 35.0 Å². The lowest BCUT2D eigenvalue weighted by Crippen LogP contribution is -2.29. The van der Waals surface area contributed by atoms with Crippen LogP contribution < -0.4 is 4.90 Å².